The molecule has 0 fully saturated rings. The van der Waals surface area contributed by atoms with Crippen molar-refractivity contribution in [2.24, 2.45) is 0 Å². The van der Waals surface area contributed by atoms with Gasteiger partial charge in [0.05, 0.1) is 0 Å². The Morgan fingerprint density at radius 2 is 0.545 bits per heavy atom. The average Bonchev–Trinajstić information content (AvgIpc) is 2.83. The highest BCUT2D eigenvalue weighted by molar-refractivity contribution is 6.53. The van der Waals surface area contributed by atoms with Gasteiger partial charge in [0.2, 0.25) is 0 Å². The van der Waals surface area contributed by atoms with Crippen LogP contribution in [0.5, 0.6) is 0 Å². The quantitative estimate of drug-likeness (QED) is 0.113. The molecule has 0 rings (SSSR count). The molecule has 0 amide bonds. The van der Waals surface area contributed by atoms with Crippen molar-refractivity contribution in [3.05, 3.63) is 0 Å². The molecule has 0 unspecified atom stereocenters. The Labute approximate surface area is 204 Å². The van der Waals surface area contributed by atoms with E-state index in [2.05, 4.69) is 0 Å². The second kappa shape index (κ2) is 26.5. The molecule has 0 spiro atoms. The van der Waals surface area contributed by atoms with Crippen molar-refractivity contribution in [1.82, 2.24) is 0 Å². The Hall–Kier alpha value is -0.103. The fourth-order valence-electron chi connectivity index (χ4n) is 2.84. The van der Waals surface area contributed by atoms with Crippen LogP contribution in [0.25, 0.3) is 0 Å². The molecule has 8 nitrogen and oxygen atoms in total. The second-order valence-electron chi connectivity index (χ2n) is 7.51. The summed E-state index contributed by atoms with van der Waals surface area (Å²) in [7, 11) is -3.23. The van der Waals surface area contributed by atoms with Crippen LogP contribution in [-0.4, -0.2) is 88.3 Å². The van der Waals surface area contributed by atoms with Crippen molar-refractivity contribution < 1.29 is 36.7 Å². The van der Waals surface area contributed by atoms with Crippen molar-refractivity contribution in [3.63, 3.8) is 0 Å². The molecule has 0 aliphatic carbocycles. The molecule has 0 saturated carbocycles. The first-order chi connectivity index (χ1) is 16.2. The third-order valence-electron chi connectivity index (χ3n) is 4.66. The molecule has 0 aromatic heterocycles. The van der Waals surface area contributed by atoms with Crippen LogP contribution in [0.3, 0.4) is 0 Å². The van der Waals surface area contributed by atoms with E-state index in [9.17, 15) is 0 Å². The SMILES string of the molecule is CCOCCCCO[Si](OCCCCOCC)(OCCCCOCC)OCCCCOCC. The van der Waals surface area contributed by atoms with Crippen molar-refractivity contribution in [2.45, 2.75) is 79.1 Å². The number of hydrogen-bond donors (Lipinski definition) is 0. The van der Waals surface area contributed by atoms with Gasteiger partial charge in [-0.15, -0.1) is 0 Å². The van der Waals surface area contributed by atoms with E-state index in [0.717, 1.165) is 104 Å². The van der Waals surface area contributed by atoms with Crippen LogP contribution in [0.15, 0.2) is 0 Å². The lowest BCUT2D eigenvalue weighted by Crippen LogP contribution is -2.50. The van der Waals surface area contributed by atoms with Crippen LogP contribution in [0.2, 0.25) is 0 Å². The minimum Gasteiger partial charge on any atom is -0.382 e. The maximum Gasteiger partial charge on any atom is 0.679 e. The third kappa shape index (κ3) is 22.1. The standard InChI is InChI=1S/C24H52O8Si/c1-5-25-17-9-13-21-29-33(30-22-14-10-18-26-6-2,31-23-15-11-19-27-7-3)32-24-16-12-20-28-8-4/h5-24H2,1-4H3. The summed E-state index contributed by atoms with van der Waals surface area (Å²) in [5.74, 6) is 0. The number of ether oxygens (including phenoxy) is 4. The second-order valence-corrected chi connectivity index (χ2v) is 9.66. The highest BCUT2D eigenvalue weighted by Gasteiger charge is 2.45. The monoisotopic (exact) mass is 496 g/mol. The molecule has 0 saturated heterocycles. The van der Waals surface area contributed by atoms with Crippen molar-refractivity contribution >= 4 is 9.05 Å². The fourth-order valence-corrected chi connectivity index (χ4v) is 4.92. The summed E-state index contributed by atoms with van der Waals surface area (Å²) < 4.78 is 46.6. The summed E-state index contributed by atoms with van der Waals surface area (Å²) in [5, 5.41) is 0. The topological polar surface area (TPSA) is 73.8 Å². The fraction of sp³-hybridized carbons (Fsp3) is 1.00. The van der Waals surface area contributed by atoms with Crippen LogP contribution >= 0.6 is 0 Å². The number of unbranched alkanes of at least 4 members (excludes halogenated alkanes) is 4. The zero-order valence-corrected chi connectivity index (χ0v) is 22.9. The van der Waals surface area contributed by atoms with E-state index in [1.54, 1.807) is 0 Å². The Bertz CT molecular complexity index is 307. The van der Waals surface area contributed by atoms with Crippen LogP contribution in [0, 0.1) is 0 Å². The average molecular weight is 497 g/mol. The van der Waals surface area contributed by atoms with E-state index < -0.39 is 9.05 Å². The van der Waals surface area contributed by atoms with Gasteiger partial charge in [-0.3, -0.25) is 0 Å². The smallest absolute Gasteiger partial charge is 0.382 e. The van der Waals surface area contributed by atoms with Gasteiger partial charge in [-0.2, -0.15) is 0 Å². The maximum absolute atomic E-state index is 6.22. The van der Waals surface area contributed by atoms with E-state index in [-0.39, 0.29) is 0 Å². The molecule has 9 heteroatoms. The number of hydrogen-bond acceptors (Lipinski definition) is 8. The number of rotatable bonds is 28. The van der Waals surface area contributed by atoms with Crippen molar-refractivity contribution in [2.75, 3.05) is 79.3 Å². The third-order valence-corrected chi connectivity index (χ3v) is 6.89. The molecule has 33 heavy (non-hydrogen) atoms. The van der Waals surface area contributed by atoms with E-state index in [1.165, 1.54) is 0 Å². The molecule has 0 aliphatic rings. The van der Waals surface area contributed by atoms with Gasteiger partial charge >= 0.3 is 9.05 Å². The molecule has 0 aromatic carbocycles. The largest absolute Gasteiger partial charge is 0.679 e. The van der Waals surface area contributed by atoms with Crippen LogP contribution in [0.4, 0.5) is 0 Å². The molecule has 0 aromatic rings. The van der Waals surface area contributed by atoms with Crippen LogP contribution in [0.1, 0.15) is 79.1 Å². The molecular weight excluding hydrogens is 444 g/mol. The highest BCUT2D eigenvalue weighted by Crippen LogP contribution is 2.16. The molecular formula is C24H52O8Si. The predicted octanol–water partition coefficient (Wildman–Crippen LogP) is 4.76. The van der Waals surface area contributed by atoms with Gasteiger partial charge < -0.3 is 36.7 Å². The molecule has 0 atom stereocenters. The van der Waals surface area contributed by atoms with Gasteiger partial charge in [0.1, 0.15) is 0 Å². The first-order valence-corrected chi connectivity index (χ1v) is 14.7. The zero-order chi connectivity index (χ0) is 24.3. The Balaban J connectivity index is 4.74. The molecule has 0 aliphatic heterocycles. The summed E-state index contributed by atoms with van der Waals surface area (Å²) >= 11 is 0. The van der Waals surface area contributed by atoms with Gasteiger partial charge in [-0.05, 0) is 79.1 Å². The summed E-state index contributed by atoms with van der Waals surface area (Å²) in [5.41, 5.74) is 0. The zero-order valence-electron chi connectivity index (χ0n) is 21.9. The first-order valence-electron chi connectivity index (χ1n) is 13.1. The lowest BCUT2D eigenvalue weighted by molar-refractivity contribution is -0.0398. The molecule has 0 N–H and O–H groups in total. The van der Waals surface area contributed by atoms with Crippen molar-refractivity contribution in [1.29, 1.82) is 0 Å². The van der Waals surface area contributed by atoms with E-state index in [0.29, 0.717) is 26.4 Å². The van der Waals surface area contributed by atoms with E-state index >= 15 is 0 Å². The summed E-state index contributed by atoms with van der Waals surface area (Å²) in [4.78, 5) is 0. The van der Waals surface area contributed by atoms with Crippen molar-refractivity contribution in [3.8, 4) is 0 Å². The Kier molecular flexibility index (Phi) is 26.4. The van der Waals surface area contributed by atoms with Gasteiger partial charge in [0, 0.05) is 79.3 Å². The van der Waals surface area contributed by atoms with Crippen LogP contribution in [-0.2, 0) is 36.7 Å². The Morgan fingerprint density at radius 1 is 0.333 bits per heavy atom. The van der Waals surface area contributed by atoms with Gasteiger partial charge in [-0.1, -0.05) is 0 Å². The molecule has 0 radical (unpaired) electrons. The van der Waals surface area contributed by atoms with Crippen LogP contribution < -0.4 is 0 Å². The predicted molar refractivity (Wildman–Crippen MR) is 132 cm³/mol. The lowest BCUT2D eigenvalue weighted by Gasteiger charge is -2.28. The Morgan fingerprint density at radius 3 is 0.758 bits per heavy atom. The van der Waals surface area contributed by atoms with Gasteiger partial charge in [-0.25, -0.2) is 0 Å². The maximum atomic E-state index is 6.22. The molecule has 0 bridgehead atoms. The summed E-state index contributed by atoms with van der Waals surface area (Å²) in [6.07, 6.45) is 7.27. The first kappa shape index (κ1) is 32.9. The molecule has 200 valence electrons. The van der Waals surface area contributed by atoms with E-state index in [4.69, 9.17) is 36.7 Å². The van der Waals surface area contributed by atoms with Gasteiger partial charge in [0.25, 0.3) is 0 Å². The summed E-state index contributed by atoms with van der Waals surface area (Å²) in [6.45, 7) is 16.1. The van der Waals surface area contributed by atoms with E-state index in [1.807, 2.05) is 27.7 Å². The summed E-state index contributed by atoms with van der Waals surface area (Å²) in [6, 6.07) is 0. The van der Waals surface area contributed by atoms with Gasteiger partial charge in [0.15, 0.2) is 0 Å². The molecule has 0 heterocycles. The minimum absolute atomic E-state index is 0.538. The normalized spacial score (nSPS) is 12.0. The lowest BCUT2D eigenvalue weighted by atomic mass is 10.3. The highest BCUT2D eigenvalue weighted by atomic mass is 28.4. The minimum atomic E-state index is -3.23.